The minimum Gasteiger partial charge on any atom is -0.379 e. The van der Waals surface area contributed by atoms with Crippen LogP contribution in [0.4, 0.5) is 0 Å². The number of nitrogens with zero attached hydrogens (tertiary/aromatic N) is 1. The number of nitrogens with one attached hydrogen (secondary N) is 2. The molecule has 2 aromatic carbocycles. The van der Waals surface area contributed by atoms with E-state index in [-0.39, 0.29) is 11.8 Å². The second kappa shape index (κ2) is 12.7. The van der Waals surface area contributed by atoms with E-state index in [0.717, 1.165) is 44.0 Å². The summed E-state index contributed by atoms with van der Waals surface area (Å²) < 4.78 is 5.39. The highest BCUT2D eigenvalue weighted by Crippen LogP contribution is 2.10. The van der Waals surface area contributed by atoms with Crippen LogP contribution in [0.3, 0.4) is 0 Å². The van der Waals surface area contributed by atoms with Gasteiger partial charge in [0.15, 0.2) is 0 Å². The van der Waals surface area contributed by atoms with E-state index in [1.807, 2.05) is 30.3 Å². The highest BCUT2D eigenvalue weighted by molar-refractivity contribution is 5.97. The Kier molecular flexibility index (Phi) is 9.41. The Morgan fingerprint density at radius 3 is 2.38 bits per heavy atom. The lowest BCUT2D eigenvalue weighted by Gasteiger charge is -2.26. The van der Waals surface area contributed by atoms with Gasteiger partial charge in [0.2, 0.25) is 0 Å². The molecule has 0 bridgehead atoms. The fourth-order valence-electron chi connectivity index (χ4n) is 3.55. The third-order valence-electron chi connectivity index (χ3n) is 5.56. The molecule has 0 aromatic heterocycles. The van der Waals surface area contributed by atoms with Crippen molar-refractivity contribution in [1.82, 2.24) is 15.7 Å². The van der Waals surface area contributed by atoms with Gasteiger partial charge in [0.1, 0.15) is 6.04 Å². The fourth-order valence-corrected chi connectivity index (χ4v) is 3.55. The average molecular weight is 462 g/mol. The van der Waals surface area contributed by atoms with Crippen molar-refractivity contribution >= 4 is 17.9 Å². The third-order valence-corrected chi connectivity index (χ3v) is 5.56. The van der Waals surface area contributed by atoms with Gasteiger partial charge in [0.05, 0.1) is 13.2 Å². The molecule has 2 aromatic rings. The van der Waals surface area contributed by atoms with Crippen molar-refractivity contribution in [1.29, 1.82) is 0 Å². The summed E-state index contributed by atoms with van der Waals surface area (Å²) in [5.41, 5.74) is 5.14. The smallest absolute Gasteiger partial charge is 0.266 e. The van der Waals surface area contributed by atoms with Crippen molar-refractivity contribution in [3.63, 3.8) is 0 Å². The highest BCUT2D eigenvalue weighted by Gasteiger charge is 2.24. The second-order valence-electron chi connectivity index (χ2n) is 8.48. The van der Waals surface area contributed by atoms with Gasteiger partial charge < -0.3 is 10.1 Å². The monoisotopic (exact) mass is 461 g/mol. The number of hydrogen-bond acceptors (Lipinski definition) is 5. The quantitative estimate of drug-likeness (QED) is 0.335. The molecule has 1 atom stereocenters. The Morgan fingerprint density at radius 2 is 1.76 bits per heavy atom. The van der Waals surface area contributed by atoms with Gasteiger partial charge in [-0.25, -0.2) is 5.48 Å². The van der Waals surface area contributed by atoms with Gasteiger partial charge in [-0.15, -0.1) is 0 Å². The number of hydrogen-bond donors (Lipinski definition) is 3. The lowest BCUT2D eigenvalue weighted by Crippen LogP contribution is -2.48. The van der Waals surface area contributed by atoms with Crippen LogP contribution in [0, 0.1) is 17.8 Å². The first-order valence-electron chi connectivity index (χ1n) is 11.4. The number of carbonyl (C=O) groups is 2. The van der Waals surface area contributed by atoms with Crippen LogP contribution in [0.2, 0.25) is 0 Å². The van der Waals surface area contributed by atoms with Crippen molar-refractivity contribution in [3.8, 4) is 11.8 Å². The molecule has 7 heteroatoms. The third kappa shape index (κ3) is 7.56. The van der Waals surface area contributed by atoms with Crippen molar-refractivity contribution < 1.29 is 19.5 Å². The highest BCUT2D eigenvalue weighted by atomic mass is 16.5. The number of rotatable bonds is 7. The first-order valence-corrected chi connectivity index (χ1v) is 11.4. The fraction of sp³-hybridized carbons (Fsp3) is 0.333. The summed E-state index contributed by atoms with van der Waals surface area (Å²) in [6, 6.07) is 14.5. The summed E-state index contributed by atoms with van der Waals surface area (Å²) in [6.45, 7) is 8.04. The largest absolute Gasteiger partial charge is 0.379 e. The molecule has 1 fully saturated rings. The number of carbonyl (C=O) groups excluding carboxylic acids is 2. The molecule has 1 aliphatic heterocycles. The summed E-state index contributed by atoms with van der Waals surface area (Å²) in [6.07, 6.45) is 3.65. The standard InChI is InChI=1S/C27H31N3O4/c1-20(2)25(27(32)29-33)28-26(31)24-13-11-22(12-14-24)6-4-3-5-21-7-9-23(10-8-21)19-30-15-17-34-18-16-30/h4,6-14,20,25,33H,15-19H2,1-2H3,(H,28,31)(H,29,32)/t25-/m0/s1. The molecular formula is C27H31N3O4. The van der Waals surface area contributed by atoms with E-state index >= 15 is 0 Å². The summed E-state index contributed by atoms with van der Waals surface area (Å²) in [7, 11) is 0. The summed E-state index contributed by atoms with van der Waals surface area (Å²) in [5, 5.41) is 11.5. The van der Waals surface area contributed by atoms with Crippen LogP contribution in [0.5, 0.6) is 0 Å². The summed E-state index contributed by atoms with van der Waals surface area (Å²) in [5.74, 6) is 4.98. The maximum absolute atomic E-state index is 12.4. The van der Waals surface area contributed by atoms with Gasteiger partial charge in [-0.05, 0) is 53.5 Å². The van der Waals surface area contributed by atoms with E-state index in [0.29, 0.717) is 5.56 Å². The summed E-state index contributed by atoms with van der Waals surface area (Å²) in [4.78, 5) is 26.5. The van der Waals surface area contributed by atoms with Crippen LogP contribution in [0.1, 0.15) is 40.9 Å². The van der Waals surface area contributed by atoms with E-state index in [1.54, 1.807) is 37.5 Å². The zero-order valence-electron chi connectivity index (χ0n) is 19.6. The number of benzene rings is 2. The van der Waals surface area contributed by atoms with Crippen LogP contribution in [-0.2, 0) is 16.1 Å². The van der Waals surface area contributed by atoms with Gasteiger partial charge in [-0.3, -0.25) is 19.7 Å². The minimum atomic E-state index is -0.819. The van der Waals surface area contributed by atoms with Crippen LogP contribution in [0.25, 0.3) is 6.08 Å². The molecular weight excluding hydrogens is 430 g/mol. The molecule has 7 nitrogen and oxygen atoms in total. The molecule has 0 spiro atoms. The van der Waals surface area contributed by atoms with E-state index in [2.05, 4.69) is 34.2 Å². The van der Waals surface area contributed by atoms with Gasteiger partial charge in [0, 0.05) is 30.8 Å². The van der Waals surface area contributed by atoms with Crippen LogP contribution in [0.15, 0.2) is 54.6 Å². The molecule has 34 heavy (non-hydrogen) atoms. The van der Waals surface area contributed by atoms with Crippen molar-refractivity contribution in [2.45, 2.75) is 26.4 Å². The number of amides is 2. The zero-order chi connectivity index (χ0) is 24.3. The number of allylic oxidation sites excluding steroid dienone is 1. The number of hydroxylamine groups is 1. The zero-order valence-corrected chi connectivity index (χ0v) is 19.6. The van der Waals surface area contributed by atoms with Gasteiger partial charge in [-0.1, -0.05) is 50.0 Å². The van der Waals surface area contributed by atoms with Crippen LogP contribution in [-0.4, -0.2) is 54.3 Å². The minimum absolute atomic E-state index is 0.169. The maximum Gasteiger partial charge on any atom is 0.266 e. The van der Waals surface area contributed by atoms with Crippen molar-refractivity contribution in [2.75, 3.05) is 26.3 Å². The Labute approximate surface area is 200 Å². The Balaban J connectivity index is 1.52. The average Bonchev–Trinajstić information content (AvgIpc) is 2.86. The van der Waals surface area contributed by atoms with Crippen molar-refractivity contribution in [3.05, 3.63) is 76.9 Å². The predicted molar refractivity (Wildman–Crippen MR) is 131 cm³/mol. The molecule has 1 aliphatic rings. The maximum atomic E-state index is 12.4. The van der Waals surface area contributed by atoms with Crippen molar-refractivity contribution in [2.24, 2.45) is 5.92 Å². The Morgan fingerprint density at radius 1 is 1.09 bits per heavy atom. The SMILES string of the molecule is CC(C)[C@H](NC(=O)c1ccc(C=CC#Cc2ccc(CN3CCOCC3)cc2)cc1)C(=O)NO. The topological polar surface area (TPSA) is 90.9 Å². The molecule has 1 heterocycles. The molecule has 2 amide bonds. The van der Waals surface area contributed by atoms with E-state index in [1.165, 1.54) is 5.56 Å². The van der Waals surface area contributed by atoms with E-state index < -0.39 is 11.9 Å². The Bertz CT molecular complexity index is 1040. The number of ether oxygens (including phenoxy) is 1. The number of morpholine rings is 1. The van der Waals surface area contributed by atoms with Gasteiger partial charge in [0.25, 0.3) is 11.8 Å². The van der Waals surface area contributed by atoms with Crippen LogP contribution < -0.4 is 10.8 Å². The van der Waals surface area contributed by atoms with Gasteiger partial charge >= 0.3 is 0 Å². The van der Waals surface area contributed by atoms with Gasteiger partial charge in [-0.2, -0.15) is 0 Å². The molecule has 1 saturated heterocycles. The first-order chi connectivity index (χ1) is 16.5. The first kappa shape index (κ1) is 25.2. The molecule has 0 aliphatic carbocycles. The molecule has 0 saturated carbocycles. The lowest BCUT2D eigenvalue weighted by molar-refractivity contribution is -0.132. The lowest BCUT2D eigenvalue weighted by atomic mass is 10.0. The second-order valence-corrected chi connectivity index (χ2v) is 8.48. The molecule has 3 rings (SSSR count). The normalized spacial score (nSPS) is 14.9. The molecule has 3 N–H and O–H groups in total. The predicted octanol–water partition coefficient (Wildman–Crippen LogP) is 2.84. The molecule has 178 valence electrons. The molecule has 0 radical (unpaired) electrons. The van der Waals surface area contributed by atoms with E-state index in [4.69, 9.17) is 9.94 Å². The van der Waals surface area contributed by atoms with E-state index in [9.17, 15) is 9.59 Å². The summed E-state index contributed by atoms with van der Waals surface area (Å²) >= 11 is 0. The van der Waals surface area contributed by atoms with Crippen LogP contribution >= 0.6 is 0 Å². The Hall–Kier alpha value is -3.44. The molecule has 0 unspecified atom stereocenters.